The lowest BCUT2D eigenvalue weighted by Gasteiger charge is -2.06. The van der Waals surface area contributed by atoms with Crippen molar-refractivity contribution in [3.63, 3.8) is 0 Å². The lowest BCUT2D eigenvalue weighted by molar-refractivity contribution is 0.372. The van der Waals surface area contributed by atoms with Gasteiger partial charge in [0.1, 0.15) is 5.82 Å². The molecule has 1 aromatic carbocycles. The maximum absolute atomic E-state index is 5.23. The third kappa shape index (κ3) is 1.53. The van der Waals surface area contributed by atoms with Gasteiger partial charge in [-0.1, -0.05) is 29.4 Å². The summed E-state index contributed by atoms with van der Waals surface area (Å²) in [6, 6.07) is 8.88. The van der Waals surface area contributed by atoms with Crippen molar-refractivity contribution in [1.29, 1.82) is 0 Å². The van der Waals surface area contributed by atoms with Crippen molar-refractivity contribution in [2.24, 2.45) is 0 Å². The van der Waals surface area contributed by atoms with Crippen LogP contribution in [0.15, 0.2) is 24.3 Å². The van der Waals surface area contributed by atoms with Crippen LogP contribution in [0.5, 0.6) is 6.01 Å². The number of hydrogen-bond acceptors (Lipinski definition) is 3. The van der Waals surface area contributed by atoms with E-state index in [4.69, 9.17) is 4.74 Å². The largest absolute Gasteiger partial charge is 0.467 e. The summed E-state index contributed by atoms with van der Waals surface area (Å²) in [7, 11) is 1.61. The van der Waals surface area contributed by atoms with Gasteiger partial charge in [0.25, 0.3) is 0 Å². The number of fused-ring (bicyclic) bond motifs is 2. The van der Waals surface area contributed by atoms with Crippen molar-refractivity contribution in [1.82, 2.24) is 14.8 Å². The van der Waals surface area contributed by atoms with Gasteiger partial charge >= 0.3 is 6.01 Å². The zero-order chi connectivity index (χ0) is 11.8. The molecule has 4 nitrogen and oxygen atoms in total. The minimum Gasteiger partial charge on any atom is -0.467 e. The van der Waals surface area contributed by atoms with Gasteiger partial charge in [0, 0.05) is 12.1 Å². The van der Waals surface area contributed by atoms with Crippen LogP contribution in [0.2, 0.25) is 0 Å². The second kappa shape index (κ2) is 3.73. The number of ether oxygens (including phenoxy) is 1. The fraction of sp³-hybridized carbons (Fsp3) is 0.231. The fourth-order valence-electron chi connectivity index (χ4n) is 2.20. The molecule has 2 aromatic rings. The molecule has 2 heterocycles. The molecule has 1 aliphatic rings. The van der Waals surface area contributed by atoms with E-state index in [9.17, 15) is 0 Å². The van der Waals surface area contributed by atoms with Crippen molar-refractivity contribution in [3.8, 4) is 6.01 Å². The quantitative estimate of drug-likeness (QED) is 0.749. The zero-order valence-corrected chi connectivity index (χ0v) is 9.84. The molecule has 0 amide bonds. The van der Waals surface area contributed by atoms with E-state index < -0.39 is 0 Å². The van der Waals surface area contributed by atoms with Crippen LogP contribution in [0, 0.1) is 0 Å². The molecule has 0 fully saturated rings. The minimum absolute atomic E-state index is 0.543. The molecule has 0 N–H and O–H groups in total. The Morgan fingerprint density at radius 3 is 2.88 bits per heavy atom. The van der Waals surface area contributed by atoms with Gasteiger partial charge in [0.2, 0.25) is 0 Å². The number of aromatic nitrogens is 3. The zero-order valence-electron chi connectivity index (χ0n) is 9.84. The van der Waals surface area contributed by atoms with Crippen LogP contribution >= 0.6 is 0 Å². The van der Waals surface area contributed by atoms with E-state index in [0.717, 1.165) is 17.9 Å². The fourth-order valence-corrected chi connectivity index (χ4v) is 2.20. The number of methoxy groups -OCH3 is 1. The molecule has 0 saturated carbocycles. The summed E-state index contributed by atoms with van der Waals surface area (Å²) in [4.78, 5) is 0. The van der Waals surface area contributed by atoms with Gasteiger partial charge in [-0.05, 0) is 24.1 Å². The van der Waals surface area contributed by atoms with Crippen molar-refractivity contribution < 1.29 is 4.74 Å². The van der Waals surface area contributed by atoms with Crippen molar-refractivity contribution in [3.05, 3.63) is 41.2 Å². The highest BCUT2D eigenvalue weighted by Gasteiger charge is 2.18. The minimum atomic E-state index is 0.543. The van der Waals surface area contributed by atoms with E-state index in [1.54, 1.807) is 7.11 Å². The van der Waals surface area contributed by atoms with Gasteiger partial charge in [-0.2, -0.15) is 0 Å². The normalized spacial score (nSPS) is 13.4. The van der Waals surface area contributed by atoms with Crippen LogP contribution in [0.4, 0.5) is 0 Å². The Balaban J connectivity index is 2.22. The molecule has 1 aliphatic heterocycles. The second-order valence-electron chi connectivity index (χ2n) is 4.10. The second-order valence-corrected chi connectivity index (χ2v) is 4.10. The lowest BCUT2D eigenvalue weighted by Crippen LogP contribution is -2.02. The first-order valence-electron chi connectivity index (χ1n) is 5.54. The van der Waals surface area contributed by atoms with Crippen molar-refractivity contribution in [2.75, 3.05) is 7.11 Å². The van der Waals surface area contributed by atoms with E-state index in [-0.39, 0.29) is 0 Å². The SMILES string of the molecule is COc1nnc2n1C(C)=Cc1ccccc1C2. The Morgan fingerprint density at radius 1 is 1.24 bits per heavy atom. The Morgan fingerprint density at radius 2 is 2.06 bits per heavy atom. The van der Waals surface area contributed by atoms with Gasteiger partial charge < -0.3 is 4.74 Å². The predicted molar refractivity (Wildman–Crippen MR) is 65.7 cm³/mol. The monoisotopic (exact) mass is 227 g/mol. The van der Waals surface area contributed by atoms with E-state index in [0.29, 0.717) is 6.01 Å². The van der Waals surface area contributed by atoms with E-state index in [1.165, 1.54) is 11.1 Å². The molecule has 0 aliphatic carbocycles. The summed E-state index contributed by atoms with van der Waals surface area (Å²) in [5.41, 5.74) is 3.57. The maximum atomic E-state index is 5.23. The lowest BCUT2D eigenvalue weighted by atomic mass is 10.0. The third-order valence-electron chi connectivity index (χ3n) is 3.00. The van der Waals surface area contributed by atoms with E-state index in [2.05, 4.69) is 28.4 Å². The number of hydrogen-bond donors (Lipinski definition) is 0. The van der Waals surface area contributed by atoms with Crippen molar-refractivity contribution >= 4 is 11.8 Å². The van der Waals surface area contributed by atoms with Gasteiger partial charge in [0.15, 0.2) is 0 Å². The number of nitrogens with zero attached hydrogens (tertiary/aromatic N) is 3. The van der Waals surface area contributed by atoms with Crippen LogP contribution in [-0.4, -0.2) is 21.9 Å². The first kappa shape index (κ1) is 10.1. The summed E-state index contributed by atoms with van der Waals surface area (Å²) in [5, 5.41) is 8.22. The summed E-state index contributed by atoms with van der Waals surface area (Å²) in [6.45, 7) is 2.04. The van der Waals surface area contributed by atoms with Gasteiger partial charge in [-0.15, -0.1) is 5.10 Å². The molecule has 86 valence electrons. The molecule has 0 spiro atoms. The summed E-state index contributed by atoms with van der Waals surface area (Å²) in [5.74, 6) is 0.917. The Labute approximate surface area is 99.6 Å². The number of benzene rings is 1. The molecule has 17 heavy (non-hydrogen) atoms. The molecule has 1 aromatic heterocycles. The standard InChI is InChI=1S/C13H13N3O/c1-9-7-10-5-3-4-6-11(10)8-12-14-15-13(17-2)16(9)12/h3-7H,8H2,1-2H3. The topological polar surface area (TPSA) is 39.9 Å². The summed E-state index contributed by atoms with van der Waals surface area (Å²) in [6.07, 6.45) is 2.91. The Bertz CT molecular complexity index is 598. The molecular formula is C13H13N3O. The first-order chi connectivity index (χ1) is 8.29. The van der Waals surface area contributed by atoms with E-state index in [1.807, 2.05) is 23.6 Å². The van der Waals surface area contributed by atoms with Gasteiger partial charge in [0.05, 0.1) is 7.11 Å². The smallest absolute Gasteiger partial charge is 0.321 e. The first-order valence-corrected chi connectivity index (χ1v) is 5.54. The van der Waals surface area contributed by atoms with Crippen LogP contribution in [0.25, 0.3) is 11.8 Å². The molecule has 3 rings (SSSR count). The molecule has 0 atom stereocenters. The highest BCUT2D eigenvalue weighted by Crippen LogP contribution is 2.26. The number of rotatable bonds is 1. The Hall–Kier alpha value is -2.10. The Kier molecular flexibility index (Phi) is 2.21. The summed E-state index contributed by atoms with van der Waals surface area (Å²) < 4.78 is 7.18. The number of allylic oxidation sites excluding steroid dienone is 1. The molecule has 0 radical (unpaired) electrons. The van der Waals surface area contributed by atoms with Gasteiger partial charge in [-0.25, -0.2) is 0 Å². The predicted octanol–water partition coefficient (Wildman–Crippen LogP) is 2.21. The van der Waals surface area contributed by atoms with E-state index >= 15 is 0 Å². The highest BCUT2D eigenvalue weighted by molar-refractivity contribution is 5.73. The average molecular weight is 227 g/mol. The summed E-state index contributed by atoms with van der Waals surface area (Å²) >= 11 is 0. The average Bonchev–Trinajstić information content (AvgIpc) is 2.68. The maximum Gasteiger partial charge on any atom is 0.321 e. The molecule has 4 heteroatoms. The van der Waals surface area contributed by atoms with Crippen LogP contribution in [-0.2, 0) is 6.42 Å². The molecular weight excluding hydrogens is 214 g/mol. The molecule has 0 bridgehead atoms. The van der Waals surface area contributed by atoms with Crippen LogP contribution in [0.1, 0.15) is 23.9 Å². The highest BCUT2D eigenvalue weighted by atomic mass is 16.5. The van der Waals surface area contributed by atoms with Crippen LogP contribution in [0.3, 0.4) is 0 Å². The van der Waals surface area contributed by atoms with Crippen molar-refractivity contribution in [2.45, 2.75) is 13.3 Å². The third-order valence-corrected chi connectivity index (χ3v) is 3.00. The molecule has 0 unspecified atom stereocenters. The van der Waals surface area contributed by atoms with Gasteiger partial charge in [-0.3, -0.25) is 4.57 Å². The van der Waals surface area contributed by atoms with Crippen LogP contribution < -0.4 is 4.74 Å². The molecule has 0 saturated heterocycles.